The molecule has 13 heavy (non-hydrogen) atoms. The third kappa shape index (κ3) is 0.716. The highest BCUT2D eigenvalue weighted by Gasteiger charge is 2.56. The van der Waals surface area contributed by atoms with Crippen LogP contribution in [0.2, 0.25) is 0 Å². The molecule has 1 aromatic carbocycles. The lowest BCUT2D eigenvalue weighted by atomic mass is 9.97. The van der Waals surface area contributed by atoms with Crippen molar-refractivity contribution < 1.29 is 4.79 Å². The number of hydrogen-bond donors (Lipinski definition) is 2. The Balaban J connectivity index is 2.24. The summed E-state index contributed by atoms with van der Waals surface area (Å²) < 4.78 is 0. The molecule has 3 rings (SSSR count). The normalized spacial score (nSPS) is 21.4. The van der Waals surface area contributed by atoms with Gasteiger partial charge in [-0.2, -0.15) is 0 Å². The molecule has 0 saturated heterocycles. The van der Waals surface area contributed by atoms with Crippen LogP contribution in [0.4, 0.5) is 11.4 Å². The van der Waals surface area contributed by atoms with Crippen LogP contribution in [0.1, 0.15) is 18.4 Å². The highest BCUT2D eigenvalue weighted by molar-refractivity contribution is 6.08. The summed E-state index contributed by atoms with van der Waals surface area (Å²) in [5, 5.41) is 2.88. The van der Waals surface area contributed by atoms with E-state index in [2.05, 4.69) is 5.32 Å². The number of carbonyl (C=O) groups excluding carboxylic acids is 1. The number of anilines is 2. The van der Waals surface area contributed by atoms with E-state index in [1.54, 1.807) is 0 Å². The summed E-state index contributed by atoms with van der Waals surface area (Å²) >= 11 is 0. The standard InChI is InChI=1S/C10H10N2O/c11-6-1-2-8-7(5-6)10(3-4-10)9(13)12-8/h1-2,5H,3-4,11H2,(H,12,13). The number of amides is 1. The number of nitrogens with one attached hydrogen (secondary N) is 1. The van der Waals surface area contributed by atoms with Gasteiger partial charge in [0.05, 0.1) is 5.41 Å². The Labute approximate surface area is 75.9 Å². The monoisotopic (exact) mass is 174 g/mol. The van der Waals surface area contributed by atoms with Gasteiger partial charge in [-0.3, -0.25) is 4.79 Å². The topological polar surface area (TPSA) is 55.1 Å². The fourth-order valence-electron chi connectivity index (χ4n) is 2.05. The summed E-state index contributed by atoms with van der Waals surface area (Å²) in [7, 11) is 0. The first kappa shape index (κ1) is 6.95. The lowest BCUT2D eigenvalue weighted by molar-refractivity contribution is -0.117. The zero-order valence-electron chi connectivity index (χ0n) is 7.13. The number of nitrogen functional groups attached to an aromatic ring is 1. The second-order valence-electron chi connectivity index (χ2n) is 3.84. The molecule has 0 atom stereocenters. The number of hydrogen-bond acceptors (Lipinski definition) is 2. The van der Waals surface area contributed by atoms with Gasteiger partial charge in [0.1, 0.15) is 0 Å². The number of fused-ring (bicyclic) bond motifs is 2. The molecular weight excluding hydrogens is 164 g/mol. The van der Waals surface area contributed by atoms with E-state index in [1.807, 2.05) is 18.2 Å². The molecule has 1 fully saturated rings. The molecule has 1 saturated carbocycles. The molecule has 1 amide bonds. The molecule has 3 heteroatoms. The van der Waals surface area contributed by atoms with Crippen molar-refractivity contribution in [3.63, 3.8) is 0 Å². The van der Waals surface area contributed by atoms with Crippen molar-refractivity contribution in [2.75, 3.05) is 11.1 Å². The minimum Gasteiger partial charge on any atom is -0.399 e. The van der Waals surface area contributed by atoms with E-state index in [4.69, 9.17) is 5.73 Å². The first-order chi connectivity index (χ1) is 6.22. The third-order valence-corrected chi connectivity index (χ3v) is 2.99. The molecule has 1 heterocycles. The van der Waals surface area contributed by atoms with E-state index in [-0.39, 0.29) is 11.3 Å². The molecule has 1 aromatic rings. The van der Waals surface area contributed by atoms with Gasteiger partial charge in [-0.05, 0) is 36.6 Å². The lowest BCUT2D eigenvalue weighted by Gasteiger charge is -2.03. The van der Waals surface area contributed by atoms with Crippen molar-refractivity contribution >= 4 is 17.3 Å². The fraction of sp³-hybridized carbons (Fsp3) is 0.300. The van der Waals surface area contributed by atoms with Crippen LogP contribution < -0.4 is 11.1 Å². The maximum atomic E-state index is 11.6. The summed E-state index contributed by atoms with van der Waals surface area (Å²) in [6.07, 6.45) is 1.94. The molecule has 66 valence electrons. The number of rotatable bonds is 0. The summed E-state index contributed by atoms with van der Waals surface area (Å²) in [5.74, 6) is 0.146. The van der Waals surface area contributed by atoms with Gasteiger partial charge in [0.15, 0.2) is 0 Å². The minimum absolute atomic E-state index is 0.146. The van der Waals surface area contributed by atoms with Crippen LogP contribution in [-0.4, -0.2) is 5.91 Å². The SMILES string of the molecule is Nc1ccc2c(c1)C1(CC1)C(=O)N2. The minimum atomic E-state index is -0.204. The van der Waals surface area contributed by atoms with E-state index in [9.17, 15) is 4.79 Å². The van der Waals surface area contributed by atoms with Crippen molar-refractivity contribution in [1.82, 2.24) is 0 Å². The second-order valence-corrected chi connectivity index (χ2v) is 3.84. The van der Waals surface area contributed by atoms with Gasteiger partial charge in [-0.25, -0.2) is 0 Å². The zero-order valence-corrected chi connectivity index (χ0v) is 7.13. The Morgan fingerprint density at radius 2 is 2.15 bits per heavy atom. The quantitative estimate of drug-likeness (QED) is 0.581. The van der Waals surface area contributed by atoms with Gasteiger partial charge < -0.3 is 11.1 Å². The fourth-order valence-corrected chi connectivity index (χ4v) is 2.05. The Morgan fingerprint density at radius 3 is 2.85 bits per heavy atom. The highest BCUT2D eigenvalue weighted by Crippen LogP contribution is 2.55. The van der Waals surface area contributed by atoms with E-state index in [1.165, 1.54) is 0 Å². The Hall–Kier alpha value is -1.51. The van der Waals surface area contributed by atoms with Crippen molar-refractivity contribution in [3.8, 4) is 0 Å². The van der Waals surface area contributed by atoms with Crippen LogP contribution in [0.25, 0.3) is 0 Å². The molecule has 0 aromatic heterocycles. The Morgan fingerprint density at radius 1 is 1.38 bits per heavy atom. The van der Waals surface area contributed by atoms with Crippen molar-refractivity contribution in [2.45, 2.75) is 18.3 Å². The third-order valence-electron chi connectivity index (χ3n) is 2.99. The highest BCUT2D eigenvalue weighted by atomic mass is 16.2. The summed E-state index contributed by atoms with van der Waals surface area (Å²) in [6.45, 7) is 0. The summed E-state index contributed by atoms with van der Waals surface area (Å²) in [4.78, 5) is 11.6. The van der Waals surface area contributed by atoms with Crippen LogP contribution in [0.15, 0.2) is 18.2 Å². The van der Waals surface area contributed by atoms with E-state index in [0.717, 1.165) is 29.8 Å². The van der Waals surface area contributed by atoms with Crippen molar-refractivity contribution in [1.29, 1.82) is 0 Å². The molecule has 3 N–H and O–H groups in total. The van der Waals surface area contributed by atoms with E-state index in [0.29, 0.717) is 0 Å². The average molecular weight is 174 g/mol. The molecule has 0 unspecified atom stereocenters. The molecule has 1 aliphatic carbocycles. The number of nitrogens with two attached hydrogens (primary N) is 1. The van der Waals surface area contributed by atoms with Crippen LogP contribution >= 0.6 is 0 Å². The molecule has 2 aliphatic rings. The van der Waals surface area contributed by atoms with E-state index < -0.39 is 0 Å². The molecule has 0 bridgehead atoms. The van der Waals surface area contributed by atoms with Gasteiger partial charge in [0.2, 0.25) is 5.91 Å². The molecule has 0 radical (unpaired) electrons. The maximum absolute atomic E-state index is 11.6. The van der Waals surface area contributed by atoms with Crippen molar-refractivity contribution in [3.05, 3.63) is 23.8 Å². The predicted molar refractivity (Wildman–Crippen MR) is 50.4 cm³/mol. The van der Waals surface area contributed by atoms with Crippen LogP contribution in [-0.2, 0) is 10.2 Å². The maximum Gasteiger partial charge on any atom is 0.235 e. The lowest BCUT2D eigenvalue weighted by Crippen LogP contribution is -2.18. The molecule has 1 aliphatic heterocycles. The number of carbonyl (C=O) groups is 1. The van der Waals surface area contributed by atoms with Crippen LogP contribution in [0.3, 0.4) is 0 Å². The Bertz CT molecular complexity index is 407. The van der Waals surface area contributed by atoms with Gasteiger partial charge in [-0.1, -0.05) is 0 Å². The van der Waals surface area contributed by atoms with E-state index >= 15 is 0 Å². The summed E-state index contributed by atoms with van der Waals surface area (Å²) in [6, 6.07) is 5.62. The van der Waals surface area contributed by atoms with Crippen LogP contribution in [0, 0.1) is 0 Å². The first-order valence-electron chi connectivity index (χ1n) is 4.44. The van der Waals surface area contributed by atoms with Gasteiger partial charge in [-0.15, -0.1) is 0 Å². The smallest absolute Gasteiger partial charge is 0.235 e. The molecular formula is C10H10N2O. The molecule has 1 spiro atoms. The predicted octanol–water partition coefficient (Wildman–Crippen LogP) is 1.25. The van der Waals surface area contributed by atoms with Crippen molar-refractivity contribution in [2.24, 2.45) is 0 Å². The van der Waals surface area contributed by atoms with Gasteiger partial charge in [0, 0.05) is 11.4 Å². The first-order valence-corrected chi connectivity index (χ1v) is 4.44. The number of benzene rings is 1. The zero-order chi connectivity index (χ0) is 9.05. The largest absolute Gasteiger partial charge is 0.399 e. The molecule has 3 nitrogen and oxygen atoms in total. The second kappa shape index (κ2) is 1.87. The van der Waals surface area contributed by atoms with Crippen LogP contribution in [0.5, 0.6) is 0 Å². The average Bonchev–Trinajstić information content (AvgIpc) is 2.83. The summed E-state index contributed by atoms with van der Waals surface area (Å²) in [5.41, 5.74) is 8.26. The van der Waals surface area contributed by atoms with Gasteiger partial charge in [0.25, 0.3) is 0 Å². The Kier molecular flexibility index (Phi) is 0.998. The van der Waals surface area contributed by atoms with Gasteiger partial charge >= 0.3 is 0 Å².